The van der Waals surface area contributed by atoms with Crippen LogP contribution in [0.15, 0.2) is 23.1 Å². The van der Waals surface area contributed by atoms with Crippen molar-refractivity contribution >= 4 is 27.5 Å². The highest BCUT2D eigenvalue weighted by Gasteiger charge is 2.17. The number of carbonyl (C=O) groups is 1. The molecule has 1 amide bonds. The molecule has 8 heteroatoms. The van der Waals surface area contributed by atoms with E-state index in [1.54, 1.807) is 42.0 Å². The Balaban J connectivity index is 2.03. The SMILES string of the molecule is COCn1cc(NC(=O)C(C)n2cc(Br)c(C)n2)cn1. The van der Waals surface area contributed by atoms with Crippen LogP contribution in [0.2, 0.25) is 0 Å². The predicted molar refractivity (Wildman–Crippen MR) is 77.2 cm³/mol. The van der Waals surface area contributed by atoms with Gasteiger partial charge in [0, 0.05) is 13.3 Å². The molecule has 1 unspecified atom stereocenters. The highest BCUT2D eigenvalue weighted by molar-refractivity contribution is 9.10. The third kappa shape index (κ3) is 3.26. The minimum Gasteiger partial charge on any atom is -0.362 e. The van der Waals surface area contributed by atoms with E-state index in [1.165, 1.54) is 0 Å². The number of anilines is 1. The molecular formula is C12H16BrN5O2. The maximum Gasteiger partial charge on any atom is 0.249 e. The fraction of sp³-hybridized carbons (Fsp3) is 0.417. The molecule has 0 bridgehead atoms. The van der Waals surface area contributed by atoms with E-state index >= 15 is 0 Å². The van der Waals surface area contributed by atoms with Crippen LogP contribution in [0.25, 0.3) is 0 Å². The van der Waals surface area contributed by atoms with Crippen LogP contribution in [-0.2, 0) is 16.3 Å². The fourth-order valence-electron chi connectivity index (χ4n) is 1.66. The van der Waals surface area contributed by atoms with Crippen molar-refractivity contribution in [3.8, 4) is 0 Å². The van der Waals surface area contributed by atoms with Gasteiger partial charge in [-0.05, 0) is 29.8 Å². The lowest BCUT2D eigenvalue weighted by Gasteiger charge is -2.11. The molecule has 2 aromatic rings. The summed E-state index contributed by atoms with van der Waals surface area (Å²) in [6.45, 7) is 4.00. The number of carbonyl (C=O) groups excluding carboxylic acids is 1. The molecular weight excluding hydrogens is 326 g/mol. The van der Waals surface area contributed by atoms with E-state index in [0.29, 0.717) is 12.4 Å². The van der Waals surface area contributed by atoms with Gasteiger partial charge in [0.1, 0.15) is 12.8 Å². The monoisotopic (exact) mass is 341 g/mol. The topological polar surface area (TPSA) is 74.0 Å². The van der Waals surface area contributed by atoms with Gasteiger partial charge in [0.2, 0.25) is 5.91 Å². The molecule has 0 saturated heterocycles. The smallest absolute Gasteiger partial charge is 0.249 e. The van der Waals surface area contributed by atoms with Gasteiger partial charge in [-0.2, -0.15) is 10.2 Å². The molecule has 0 spiro atoms. The van der Waals surface area contributed by atoms with E-state index < -0.39 is 6.04 Å². The summed E-state index contributed by atoms with van der Waals surface area (Å²) in [6, 6.07) is -0.411. The maximum atomic E-state index is 12.1. The van der Waals surface area contributed by atoms with Gasteiger partial charge in [-0.3, -0.25) is 9.48 Å². The van der Waals surface area contributed by atoms with E-state index in [1.807, 2.05) is 6.92 Å². The Labute approximate surface area is 125 Å². The first-order valence-electron chi connectivity index (χ1n) is 6.04. The van der Waals surface area contributed by atoms with Crippen molar-refractivity contribution in [2.75, 3.05) is 12.4 Å². The number of methoxy groups -OCH3 is 1. The molecule has 2 rings (SSSR count). The van der Waals surface area contributed by atoms with Crippen molar-refractivity contribution in [2.24, 2.45) is 0 Å². The summed E-state index contributed by atoms with van der Waals surface area (Å²) in [5.74, 6) is -0.156. The number of rotatable bonds is 5. The minimum absolute atomic E-state index is 0.156. The Bertz CT molecular complexity index is 587. The molecule has 0 radical (unpaired) electrons. The average molecular weight is 342 g/mol. The molecule has 0 aliphatic carbocycles. The third-order valence-corrected chi connectivity index (χ3v) is 3.57. The van der Waals surface area contributed by atoms with E-state index in [9.17, 15) is 4.79 Å². The zero-order valence-corrected chi connectivity index (χ0v) is 13.1. The third-order valence-electron chi connectivity index (χ3n) is 2.80. The molecule has 20 heavy (non-hydrogen) atoms. The van der Waals surface area contributed by atoms with Crippen LogP contribution in [0, 0.1) is 6.92 Å². The molecule has 0 fully saturated rings. The van der Waals surface area contributed by atoms with Gasteiger partial charge in [0.25, 0.3) is 0 Å². The van der Waals surface area contributed by atoms with Crippen LogP contribution in [0.5, 0.6) is 0 Å². The standard InChI is InChI=1S/C12H16BrN5O2/c1-8-11(13)6-18(16-8)9(2)12(19)15-10-4-14-17(5-10)7-20-3/h4-6,9H,7H2,1-3H3,(H,15,19). The van der Waals surface area contributed by atoms with Crippen molar-refractivity contribution in [1.82, 2.24) is 19.6 Å². The van der Waals surface area contributed by atoms with Crippen molar-refractivity contribution < 1.29 is 9.53 Å². The number of aromatic nitrogens is 4. The Hall–Kier alpha value is -1.67. The summed E-state index contributed by atoms with van der Waals surface area (Å²) in [5, 5.41) is 11.1. The molecule has 2 aromatic heterocycles. The van der Waals surface area contributed by atoms with Gasteiger partial charge in [-0.15, -0.1) is 0 Å². The van der Waals surface area contributed by atoms with Crippen LogP contribution < -0.4 is 5.32 Å². The molecule has 2 heterocycles. The summed E-state index contributed by atoms with van der Waals surface area (Å²) >= 11 is 3.38. The molecule has 108 valence electrons. The largest absolute Gasteiger partial charge is 0.362 e. The molecule has 0 aliphatic heterocycles. The van der Waals surface area contributed by atoms with Gasteiger partial charge in [-0.1, -0.05) is 0 Å². The summed E-state index contributed by atoms with van der Waals surface area (Å²) < 4.78 is 9.04. The van der Waals surface area contributed by atoms with Gasteiger partial charge in [0.15, 0.2) is 0 Å². The van der Waals surface area contributed by atoms with Gasteiger partial charge >= 0.3 is 0 Å². The number of aryl methyl sites for hydroxylation is 1. The second-order valence-corrected chi connectivity index (χ2v) is 5.25. The first kappa shape index (κ1) is 14.7. The van der Waals surface area contributed by atoms with E-state index in [2.05, 4.69) is 31.4 Å². The first-order chi connectivity index (χ1) is 9.51. The second kappa shape index (κ2) is 6.19. The van der Waals surface area contributed by atoms with Crippen molar-refractivity contribution in [2.45, 2.75) is 26.6 Å². The highest BCUT2D eigenvalue weighted by Crippen LogP contribution is 2.17. The summed E-state index contributed by atoms with van der Waals surface area (Å²) in [7, 11) is 1.58. The second-order valence-electron chi connectivity index (χ2n) is 4.39. The van der Waals surface area contributed by atoms with Crippen LogP contribution >= 0.6 is 15.9 Å². The summed E-state index contributed by atoms with van der Waals surface area (Å²) in [6.07, 6.45) is 5.07. The number of halogens is 1. The van der Waals surface area contributed by atoms with Crippen LogP contribution in [0.4, 0.5) is 5.69 Å². The van der Waals surface area contributed by atoms with E-state index in [4.69, 9.17) is 4.74 Å². The normalized spacial score (nSPS) is 12.4. The van der Waals surface area contributed by atoms with E-state index in [-0.39, 0.29) is 5.91 Å². The van der Waals surface area contributed by atoms with Crippen molar-refractivity contribution in [3.63, 3.8) is 0 Å². The number of ether oxygens (including phenoxy) is 1. The van der Waals surface area contributed by atoms with Crippen LogP contribution in [0.3, 0.4) is 0 Å². The Kier molecular flexibility index (Phi) is 4.56. The van der Waals surface area contributed by atoms with Gasteiger partial charge in [-0.25, -0.2) is 4.68 Å². The number of nitrogens with zero attached hydrogens (tertiary/aromatic N) is 4. The highest BCUT2D eigenvalue weighted by atomic mass is 79.9. The van der Waals surface area contributed by atoms with Crippen molar-refractivity contribution in [3.05, 3.63) is 28.8 Å². The molecule has 0 saturated carbocycles. The molecule has 0 aliphatic rings. The van der Waals surface area contributed by atoms with Gasteiger partial charge in [0.05, 0.1) is 28.2 Å². The summed E-state index contributed by atoms with van der Waals surface area (Å²) in [5.41, 5.74) is 1.47. The maximum absolute atomic E-state index is 12.1. The lowest BCUT2D eigenvalue weighted by Crippen LogP contribution is -2.23. The summed E-state index contributed by atoms with van der Waals surface area (Å²) in [4.78, 5) is 12.1. The molecule has 1 atom stereocenters. The van der Waals surface area contributed by atoms with Gasteiger partial charge < -0.3 is 10.1 Å². The van der Waals surface area contributed by atoms with Crippen molar-refractivity contribution in [1.29, 1.82) is 0 Å². The quantitative estimate of drug-likeness (QED) is 0.901. The zero-order valence-electron chi connectivity index (χ0n) is 11.5. The molecule has 1 N–H and O–H groups in total. The number of hydrogen-bond acceptors (Lipinski definition) is 4. The lowest BCUT2D eigenvalue weighted by atomic mass is 10.3. The number of nitrogens with one attached hydrogen (secondary N) is 1. The first-order valence-corrected chi connectivity index (χ1v) is 6.84. The number of amides is 1. The number of hydrogen-bond donors (Lipinski definition) is 1. The zero-order chi connectivity index (χ0) is 14.7. The lowest BCUT2D eigenvalue weighted by molar-refractivity contribution is -0.119. The predicted octanol–water partition coefficient (Wildman–Crippen LogP) is 1.95. The fourth-order valence-corrected chi connectivity index (χ4v) is 1.94. The van der Waals surface area contributed by atoms with Crippen LogP contribution in [0.1, 0.15) is 18.7 Å². The minimum atomic E-state index is -0.411. The van der Waals surface area contributed by atoms with E-state index in [0.717, 1.165) is 10.2 Å². The Morgan fingerprint density at radius 2 is 2.30 bits per heavy atom. The molecule has 7 nitrogen and oxygen atoms in total. The Morgan fingerprint density at radius 1 is 1.55 bits per heavy atom. The molecule has 0 aromatic carbocycles. The van der Waals surface area contributed by atoms with Crippen LogP contribution in [-0.4, -0.2) is 32.6 Å². The Morgan fingerprint density at radius 3 is 2.90 bits per heavy atom. The average Bonchev–Trinajstić information content (AvgIpc) is 2.97.